The first kappa shape index (κ1) is 20.9. The normalized spacial score (nSPS) is 18.7. The second-order valence-electron chi connectivity index (χ2n) is 8.30. The minimum Gasteiger partial charge on any atom is -0.338 e. The van der Waals surface area contributed by atoms with Crippen molar-refractivity contribution >= 4 is 11.8 Å². The zero-order chi connectivity index (χ0) is 21.8. The molecule has 1 aromatic carbocycles. The van der Waals surface area contributed by atoms with Crippen LogP contribution in [-0.2, 0) is 12.2 Å². The third kappa shape index (κ3) is 4.60. The summed E-state index contributed by atoms with van der Waals surface area (Å²) in [5.74, 6) is 3.33. The second-order valence-corrected chi connectivity index (χ2v) is 9.24. The molecule has 164 valence electrons. The van der Waals surface area contributed by atoms with Gasteiger partial charge in [-0.1, -0.05) is 67.0 Å². The molecule has 4 aromatic rings. The molecule has 0 bridgehead atoms. The molecule has 1 aliphatic rings. The van der Waals surface area contributed by atoms with E-state index >= 15 is 0 Å². The van der Waals surface area contributed by atoms with Gasteiger partial charge in [-0.3, -0.25) is 9.55 Å². The predicted octanol–water partition coefficient (Wildman–Crippen LogP) is 5.36. The Morgan fingerprint density at radius 3 is 2.75 bits per heavy atom. The Balaban J connectivity index is 1.36. The van der Waals surface area contributed by atoms with Gasteiger partial charge in [0, 0.05) is 30.4 Å². The Morgan fingerprint density at radius 1 is 1.06 bits per heavy atom. The van der Waals surface area contributed by atoms with Gasteiger partial charge in [0.05, 0.1) is 5.75 Å². The number of hydrogen-bond acceptors (Lipinski definition) is 7. The number of thioether (sulfide) groups is 1. The van der Waals surface area contributed by atoms with E-state index in [0.717, 1.165) is 23.0 Å². The van der Waals surface area contributed by atoms with Crippen molar-refractivity contribution in [1.82, 2.24) is 29.9 Å². The highest BCUT2D eigenvalue weighted by molar-refractivity contribution is 7.98. The van der Waals surface area contributed by atoms with Crippen molar-refractivity contribution in [1.29, 1.82) is 0 Å². The smallest absolute Gasteiger partial charge is 0.237 e. The highest BCUT2D eigenvalue weighted by atomic mass is 32.2. The van der Waals surface area contributed by atoms with Crippen molar-refractivity contribution in [3.05, 3.63) is 72.1 Å². The summed E-state index contributed by atoms with van der Waals surface area (Å²) in [4.78, 5) is 8.86. The molecule has 32 heavy (non-hydrogen) atoms. The maximum atomic E-state index is 5.51. The predicted molar refractivity (Wildman–Crippen MR) is 123 cm³/mol. The molecule has 0 amide bonds. The highest BCUT2D eigenvalue weighted by Gasteiger charge is 2.29. The van der Waals surface area contributed by atoms with Crippen LogP contribution < -0.4 is 0 Å². The number of hydrogen-bond donors (Lipinski definition) is 0. The van der Waals surface area contributed by atoms with Gasteiger partial charge in [-0.05, 0) is 36.5 Å². The SMILES string of the molecule is CC1CCCCC1n1c(SCc2nc(Cc3ccccc3)no2)nnc1-c1cccnc1. The third-order valence-electron chi connectivity index (χ3n) is 6.02. The molecule has 1 saturated carbocycles. The van der Waals surface area contributed by atoms with Crippen LogP contribution in [0.4, 0.5) is 0 Å². The van der Waals surface area contributed by atoms with Gasteiger partial charge >= 0.3 is 0 Å². The average Bonchev–Trinajstić information content (AvgIpc) is 3.46. The molecule has 1 fully saturated rings. The fourth-order valence-corrected chi connectivity index (χ4v) is 5.20. The van der Waals surface area contributed by atoms with E-state index < -0.39 is 0 Å². The minimum atomic E-state index is 0.382. The molecule has 0 saturated heterocycles. The van der Waals surface area contributed by atoms with E-state index in [2.05, 4.69) is 48.9 Å². The third-order valence-corrected chi connectivity index (χ3v) is 6.95. The Bertz CT molecular complexity index is 1140. The molecule has 3 aromatic heterocycles. The lowest BCUT2D eigenvalue weighted by Gasteiger charge is -2.31. The lowest BCUT2D eigenvalue weighted by molar-refractivity contribution is 0.247. The van der Waals surface area contributed by atoms with Crippen molar-refractivity contribution in [2.75, 3.05) is 0 Å². The number of nitrogens with zero attached hydrogens (tertiary/aromatic N) is 6. The van der Waals surface area contributed by atoms with Gasteiger partial charge in [0.25, 0.3) is 0 Å². The molecule has 3 heterocycles. The fourth-order valence-electron chi connectivity index (χ4n) is 4.37. The molecular weight excluding hydrogens is 420 g/mol. The van der Waals surface area contributed by atoms with Gasteiger partial charge < -0.3 is 4.52 Å². The summed E-state index contributed by atoms with van der Waals surface area (Å²) >= 11 is 1.60. The van der Waals surface area contributed by atoms with Gasteiger partial charge in [-0.15, -0.1) is 10.2 Å². The molecule has 2 atom stereocenters. The first-order valence-electron chi connectivity index (χ1n) is 11.1. The Kier molecular flexibility index (Phi) is 6.29. The molecule has 0 aliphatic heterocycles. The molecule has 0 spiro atoms. The van der Waals surface area contributed by atoms with Crippen LogP contribution in [0.1, 0.15) is 55.9 Å². The van der Waals surface area contributed by atoms with Gasteiger partial charge in [0.2, 0.25) is 5.89 Å². The Morgan fingerprint density at radius 2 is 1.94 bits per heavy atom. The molecule has 7 nitrogen and oxygen atoms in total. The zero-order valence-corrected chi connectivity index (χ0v) is 18.9. The summed E-state index contributed by atoms with van der Waals surface area (Å²) < 4.78 is 7.82. The van der Waals surface area contributed by atoms with Crippen LogP contribution in [0.15, 0.2) is 64.5 Å². The fraction of sp³-hybridized carbons (Fsp3) is 0.375. The van der Waals surface area contributed by atoms with Crippen molar-refractivity contribution in [3.8, 4) is 11.4 Å². The van der Waals surface area contributed by atoms with Crippen LogP contribution in [0, 0.1) is 5.92 Å². The van der Waals surface area contributed by atoms with Crippen LogP contribution in [0.5, 0.6) is 0 Å². The summed E-state index contributed by atoms with van der Waals surface area (Å²) in [6.07, 6.45) is 9.19. The molecular formula is C24H26N6OS. The van der Waals surface area contributed by atoms with Crippen LogP contribution in [0.3, 0.4) is 0 Å². The molecule has 2 unspecified atom stereocenters. The highest BCUT2D eigenvalue weighted by Crippen LogP contribution is 2.39. The van der Waals surface area contributed by atoms with Gasteiger partial charge in [-0.2, -0.15) is 4.98 Å². The van der Waals surface area contributed by atoms with E-state index in [1.54, 1.807) is 18.0 Å². The van der Waals surface area contributed by atoms with Crippen LogP contribution >= 0.6 is 11.8 Å². The van der Waals surface area contributed by atoms with E-state index in [0.29, 0.717) is 35.8 Å². The number of rotatable bonds is 7. The number of pyridine rings is 1. The molecule has 1 aliphatic carbocycles. The summed E-state index contributed by atoms with van der Waals surface area (Å²) in [5, 5.41) is 14.1. The van der Waals surface area contributed by atoms with E-state index in [1.165, 1.54) is 24.8 Å². The van der Waals surface area contributed by atoms with Crippen LogP contribution in [0.2, 0.25) is 0 Å². The van der Waals surface area contributed by atoms with E-state index in [9.17, 15) is 0 Å². The van der Waals surface area contributed by atoms with Crippen molar-refractivity contribution in [2.24, 2.45) is 5.92 Å². The van der Waals surface area contributed by atoms with Gasteiger partial charge in [-0.25, -0.2) is 0 Å². The topological polar surface area (TPSA) is 82.5 Å². The lowest BCUT2D eigenvalue weighted by atomic mass is 9.85. The monoisotopic (exact) mass is 446 g/mol. The van der Waals surface area contributed by atoms with Crippen LogP contribution in [-0.4, -0.2) is 29.9 Å². The Hall–Kier alpha value is -3.00. The first-order chi connectivity index (χ1) is 15.8. The first-order valence-corrected chi connectivity index (χ1v) is 12.1. The standard InChI is InChI=1S/C24H26N6OS/c1-17-8-5-6-12-20(17)30-23(19-11-7-13-25-15-19)27-28-24(30)32-16-22-26-21(29-31-22)14-18-9-3-2-4-10-18/h2-4,7,9-11,13,15,17,20H,5-6,8,12,14,16H2,1H3. The number of aromatic nitrogens is 6. The minimum absolute atomic E-state index is 0.382. The largest absolute Gasteiger partial charge is 0.338 e. The summed E-state index contributed by atoms with van der Waals surface area (Å²) in [5.41, 5.74) is 2.16. The van der Waals surface area contributed by atoms with Crippen molar-refractivity contribution < 1.29 is 4.52 Å². The maximum absolute atomic E-state index is 5.51. The van der Waals surface area contributed by atoms with Gasteiger partial charge in [0.1, 0.15) is 0 Å². The summed E-state index contributed by atoms with van der Waals surface area (Å²) in [6.45, 7) is 2.33. The molecule has 5 rings (SSSR count). The van der Waals surface area contributed by atoms with E-state index in [-0.39, 0.29) is 0 Å². The van der Waals surface area contributed by atoms with E-state index in [1.807, 2.05) is 36.5 Å². The van der Waals surface area contributed by atoms with Crippen molar-refractivity contribution in [3.63, 3.8) is 0 Å². The average molecular weight is 447 g/mol. The molecule has 8 heteroatoms. The zero-order valence-electron chi connectivity index (χ0n) is 18.1. The molecule has 0 N–H and O–H groups in total. The Labute approximate surface area is 191 Å². The maximum Gasteiger partial charge on any atom is 0.237 e. The lowest BCUT2D eigenvalue weighted by Crippen LogP contribution is -2.22. The summed E-state index contributed by atoms with van der Waals surface area (Å²) in [6, 6.07) is 14.5. The summed E-state index contributed by atoms with van der Waals surface area (Å²) in [7, 11) is 0. The van der Waals surface area contributed by atoms with Crippen molar-refractivity contribution in [2.45, 2.75) is 56.0 Å². The number of benzene rings is 1. The molecule has 0 radical (unpaired) electrons. The quantitative estimate of drug-likeness (QED) is 0.354. The van der Waals surface area contributed by atoms with Crippen LogP contribution in [0.25, 0.3) is 11.4 Å². The van der Waals surface area contributed by atoms with E-state index in [4.69, 9.17) is 4.52 Å². The second kappa shape index (κ2) is 9.65. The van der Waals surface area contributed by atoms with Gasteiger partial charge in [0.15, 0.2) is 16.8 Å².